The predicted octanol–water partition coefficient (Wildman–Crippen LogP) is 2.41. The summed E-state index contributed by atoms with van der Waals surface area (Å²) >= 11 is 0. The van der Waals surface area contributed by atoms with Crippen LogP contribution < -0.4 is 5.32 Å². The van der Waals surface area contributed by atoms with E-state index in [0.717, 1.165) is 6.04 Å². The van der Waals surface area contributed by atoms with Gasteiger partial charge in [0.05, 0.1) is 6.10 Å². The number of rotatable bonds is 6. The Kier molecular flexibility index (Phi) is 6.46. The number of hydrogen-bond donors (Lipinski definition) is 1. The van der Waals surface area contributed by atoms with Gasteiger partial charge in [-0.15, -0.1) is 0 Å². The summed E-state index contributed by atoms with van der Waals surface area (Å²) in [5.74, 6) is 0. The molecule has 1 saturated carbocycles. The van der Waals surface area contributed by atoms with E-state index in [1.807, 2.05) is 7.11 Å². The van der Waals surface area contributed by atoms with Crippen LogP contribution in [0, 0.1) is 0 Å². The van der Waals surface area contributed by atoms with Crippen LogP contribution in [0.4, 0.5) is 0 Å². The van der Waals surface area contributed by atoms with Crippen LogP contribution in [0.1, 0.15) is 51.4 Å². The van der Waals surface area contributed by atoms with Crippen molar-refractivity contribution in [3.05, 3.63) is 0 Å². The van der Waals surface area contributed by atoms with Crippen molar-refractivity contribution < 1.29 is 4.74 Å². The van der Waals surface area contributed by atoms with Gasteiger partial charge in [-0.05, 0) is 45.2 Å². The van der Waals surface area contributed by atoms with Crippen LogP contribution in [0.3, 0.4) is 0 Å². The predicted molar refractivity (Wildman–Crippen MR) is 76.0 cm³/mol. The van der Waals surface area contributed by atoms with Crippen molar-refractivity contribution in [1.29, 1.82) is 0 Å². The van der Waals surface area contributed by atoms with Crippen molar-refractivity contribution in [2.24, 2.45) is 0 Å². The lowest BCUT2D eigenvalue weighted by atomic mass is 9.95. The zero-order valence-electron chi connectivity index (χ0n) is 12.0. The number of ether oxygens (including phenoxy) is 1. The fourth-order valence-electron chi connectivity index (χ4n) is 3.28. The van der Waals surface area contributed by atoms with E-state index in [1.54, 1.807) is 0 Å². The molecule has 1 heterocycles. The van der Waals surface area contributed by atoms with Crippen LogP contribution in [0.2, 0.25) is 0 Å². The van der Waals surface area contributed by atoms with Crippen molar-refractivity contribution in [2.45, 2.75) is 63.5 Å². The normalized spacial score (nSPS) is 24.5. The van der Waals surface area contributed by atoms with Crippen LogP contribution in [0.25, 0.3) is 0 Å². The second-order valence-corrected chi connectivity index (χ2v) is 5.92. The summed E-state index contributed by atoms with van der Waals surface area (Å²) in [5.41, 5.74) is 0. The average molecular weight is 254 g/mol. The van der Waals surface area contributed by atoms with Gasteiger partial charge < -0.3 is 15.0 Å². The molecule has 2 fully saturated rings. The van der Waals surface area contributed by atoms with Crippen LogP contribution >= 0.6 is 0 Å². The van der Waals surface area contributed by atoms with Gasteiger partial charge in [0.1, 0.15) is 0 Å². The van der Waals surface area contributed by atoms with Gasteiger partial charge in [0.2, 0.25) is 0 Å². The Labute approximate surface area is 112 Å². The van der Waals surface area contributed by atoms with Gasteiger partial charge >= 0.3 is 0 Å². The molecule has 0 amide bonds. The van der Waals surface area contributed by atoms with Crippen LogP contribution in [0.15, 0.2) is 0 Å². The van der Waals surface area contributed by atoms with E-state index < -0.39 is 0 Å². The smallest absolute Gasteiger partial charge is 0.0595 e. The molecule has 2 rings (SSSR count). The first-order chi connectivity index (χ1) is 8.88. The van der Waals surface area contributed by atoms with E-state index in [-0.39, 0.29) is 0 Å². The van der Waals surface area contributed by atoms with E-state index in [4.69, 9.17) is 4.74 Å². The molecule has 0 aromatic heterocycles. The Bertz CT molecular complexity index is 209. The molecule has 0 aromatic rings. The van der Waals surface area contributed by atoms with Crippen LogP contribution in [0.5, 0.6) is 0 Å². The highest BCUT2D eigenvalue weighted by atomic mass is 16.5. The molecule has 1 aliphatic heterocycles. The first kappa shape index (κ1) is 14.3. The summed E-state index contributed by atoms with van der Waals surface area (Å²) in [6, 6.07) is 0.818. The van der Waals surface area contributed by atoms with Crippen molar-refractivity contribution in [3.63, 3.8) is 0 Å². The van der Waals surface area contributed by atoms with Gasteiger partial charge in [0.15, 0.2) is 0 Å². The molecule has 2 aliphatic rings. The Hall–Kier alpha value is -0.120. The van der Waals surface area contributed by atoms with Crippen molar-refractivity contribution >= 4 is 0 Å². The molecule has 1 aliphatic carbocycles. The molecule has 0 radical (unpaired) electrons. The zero-order valence-corrected chi connectivity index (χ0v) is 12.0. The number of nitrogens with one attached hydrogen (secondary N) is 1. The molecule has 1 N–H and O–H groups in total. The van der Waals surface area contributed by atoms with E-state index in [2.05, 4.69) is 10.2 Å². The molecule has 1 saturated heterocycles. The molecule has 0 aromatic carbocycles. The third-order valence-corrected chi connectivity index (χ3v) is 4.56. The third-order valence-electron chi connectivity index (χ3n) is 4.56. The second kappa shape index (κ2) is 8.13. The topological polar surface area (TPSA) is 24.5 Å². The molecule has 0 unspecified atom stereocenters. The van der Waals surface area contributed by atoms with Gasteiger partial charge in [-0.3, -0.25) is 0 Å². The fourth-order valence-corrected chi connectivity index (χ4v) is 3.28. The van der Waals surface area contributed by atoms with Gasteiger partial charge in [0, 0.05) is 26.2 Å². The minimum absolute atomic E-state index is 0.515. The van der Waals surface area contributed by atoms with Crippen LogP contribution in [-0.4, -0.2) is 50.3 Å². The first-order valence-electron chi connectivity index (χ1n) is 7.87. The molecule has 18 heavy (non-hydrogen) atoms. The van der Waals surface area contributed by atoms with Gasteiger partial charge in [-0.25, -0.2) is 0 Å². The Morgan fingerprint density at radius 2 is 1.78 bits per heavy atom. The maximum absolute atomic E-state index is 5.41. The van der Waals surface area contributed by atoms with Crippen molar-refractivity contribution in [2.75, 3.05) is 33.3 Å². The number of piperidine rings is 1. The number of methoxy groups -OCH3 is 1. The average Bonchev–Trinajstić information content (AvgIpc) is 2.45. The standard InChI is InChI=1S/C15H30N2O/c1-18-15-8-12-17(13-9-15)11-5-10-16-14-6-3-2-4-7-14/h14-16H,2-13H2,1H3. The van der Waals surface area contributed by atoms with Crippen molar-refractivity contribution in [3.8, 4) is 0 Å². The summed E-state index contributed by atoms with van der Waals surface area (Å²) in [5, 5.41) is 3.73. The van der Waals surface area contributed by atoms with E-state index >= 15 is 0 Å². The molecule has 0 atom stereocenters. The van der Waals surface area contributed by atoms with Gasteiger partial charge in [-0.2, -0.15) is 0 Å². The lowest BCUT2D eigenvalue weighted by molar-refractivity contribution is 0.0408. The zero-order chi connectivity index (χ0) is 12.6. The summed E-state index contributed by atoms with van der Waals surface area (Å²) < 4.78 is 5.41. The van der Waals surface area contributed by atoms with Gasteiger partial charge in [0.25, 0.3) is 0 Å². The highest BCUT2D eigenvalue weighted by molar-refractivity contribution is 4.74. The highest BCUT2D eigenvalue weighted by Gasteiger charge is 2.18. The molecule has 0 bridgehead atoms. The molecule has 0 spiro atoms. The summed E-state index contributed by atoms with van der Waals surface area (Å²) in [6.07, 6.45) is 11.4. The minimum atomic E-state index is 0.515. The highest BCUT2D eigenvalue weighted by Crippen LogP contribution is 2.17. The monoisotopic (exact) mass is 254 g/mol. The lowest BCUT2D eigenvalue weighted by Crippen LogP contribution is -2.39. The molecule has 3 heteroatoms. The van der Waals surface area contributed by atoms with E-state index in [1.165, 1.54) is 77.5 Å². The maximum atomic E-state index is 5.41. The Morgan fingerprint density at radius 3 is 2.44 bits per heavy atom. The fraction of sp³-hybridized carbons (Fsp3) is 1.00. The number of likely N-dealkylation sites (tertiary alicyclic amines) is 1. The second-order valence-electron chi connectivity index (χ2n) is 5.92. The SMILES string of the molecule is COC1CCN(CCCNC2CCCCC2)CC1. The summed E-state index contributed by atoms with van der Waals surface area (Å²) in [7, 11) is 1.84. The summed E-state index contributed by atoms with van der Waals surface area (Å²) in [6.45, 7) is 4.91. The number of hydrogen-bond acceptors (Lipinski definition) is 3. The molecular formula is C15H30N2O. The molecule has 3 nitrogen and oxygen atoms in total. The van der Waals surface area contributed by atoms with E-state index in [9.17, 15) is 0 Å². The Morgan fingerprint density at radius 1 is 1.06 bits per heavy atom. The van der Waals surface area contributed by atoms with Crippen molar-refractivity contribution in [1.82, 2.24) is 10.2 Å². The summed E-state index contributed by atoms with van der Waals surface area (Å²) in [4.78, 5) is 2.60. The minimum Gasteiger partial charge on any atom is -0.381 e. The van der Waals surface area contributed by atoms with Gasteiger partial charge in [-0.1, -0.05) is 19.3 Å². The largest absolute Gasteiger partial charge is 0.381 e. The first-order valence-corrected chi connectivity index (χ1v) is 7.87. The van der Waals surface area contributed by atoms with E-state index in [0.29, 0.717) is 6.10 Å². The molecule has 106 valence electrons. The maximum Gasteiger partial charge on any atom is 0.0595 e. The third kappa shape index (κ3) is 4.87. The quantitative estimate of drug-likeness (QED) is 0.737. The van der Waals surface area contributed by atoms with Crippen LogP contribution in [-0.2, 0) is 4.74 Å². The molecular weight excluding hydrogens is 224 g/mol. The lowest BCUT2D eigenvalue weighted by Gasteiger charge is -2.31. The number of nitrogens with zero attached hydrogens (tertiary/aromatic N) is 1. The Balaban J connectivity index is 1.48.